The summed E-state index contributed by atoms with van der Waals surface area (Å²) >= 11 is 0. The van der Waals surface area contributed by atoms with Crippen molar-refractivity contribution >= 4 is 33.3 Å². The summed E-state index contributed by atoms with van der Waals surface area (Å²) in [6.45, 7) is 2.13. The molecule has 3 aromatic rings. The molecule has 0 amide bonds. The number of anilines is 3. The Hall–Kier alpha value is -3.66. The molecule has 10 heteroatoms. The molecule has 1 aromatic heterocycles. The van der Waals surface area contributed by atoms with Gasteiger partial charge < -0.3 is 15.3 Å². The van der Waals surface area contributed by atoms with Crippen molar-refractivity contribution in [2.45, 2.75) is 18.2 Å². The predicted molar refractivity (Wildman–Crippen MR) is 119 cm³/mol. The molecule has 0 aliphatic rings. The second-order valence-corrected chi connectivity index (χ2v) is 8.91. The number of rotatable bonds is 9. The van der Waals surface area contributed by atoms with Crippen LogP contribution in [-0.4, -0.2) is 38.8 Å². The minimum absolute atomic E-state index is 0.00767. The van der Waals surface area contributed by atoms with E-state index in [9.17, 15) is 13.2 Å². The molecule has 0 radical (unpaired) electrons. The maximum absolute atomic E-state index is 12.2. The van der Waals surface area contributed by atoms with Crippen molar-refractivity contribution in [2.75, 3.05) is 30.5 Å². The highest BCUT2D eigenvalue weighted by Gasteiger charge is 2.25. The van der Waals surface area contributed by atoms with E-state index in [2.05, 4.69) is 10.3 Å². The Morgan fingerprint density at radius 1 is 1.16 bits per heavy atom. The highest BCUT2D eigenvalue weighted by molar-refractivity contribution is 7.90. The topological polar surface area (TPSA) is 124 Å². The number of esters is 1. The number of nitrogens with zero attached hydrogens (tertiary/aromatic N) is 2. The first kappa shape index (κ1) is 23.0. The lowest BCUT2D eigenvalue weighted by atomic mass is 10.2. The van der Waals surface area contributed by atoms with E-state index in [1.165, 1.54) is 23.1 Å². The molecule has 0 saturated heterocycles. The van der Waals surface area contributed by atoms with Crippen LogP contribution < -0.4 is 20.6 Å². The molecule has 0 saturated carbocycles. The fourth-order valence-corrected chi connectivity index (χ4v) is 3.55. The first-order valence-corrected chi connectivity index (χ1v) is 11.8. The minimum Gasteiger partial charge on any atom is -0.462 e. The summed E-state index contributed by atoms with van der Waals surface area (Å²) < 4.78 is 30.0. The number of sulfone groups is 1. The number of hydrogen-bond acceptors (Lipinski definition) is 8. The zero-order valence-electron chi connectivity index (χ0n) is 17.8. The number of benzene rings is 2. The second kappa shape index (κ2) is 10.1. The average molecular weight is 458 g/mol. The van der Waals surface area contributed by atoms with Gasteiger partial charge in [0.1, 0.15) is 12.8 Å². The monoisotopic (exact) mass is 457 g/mol. The van der Waals surface area contributed by atoms with E-state index in [-0.39, 0.29) is 35.4 Å². The number of carbonyl (C=O) groups is 1. The average Bonchev–Trinajstić information content (AvgIpc) is 2.76. The zero-order valence-corrected chi connectivity index (χ0v) is 18.6. The van der Waals surface area contributed by atoms with Gasteiger partial charge in [0.05, 0.1) is 17.2 Å². The third-order valence-electron chi connectivity index (χ3n) is 4.47. The maximum atomic E-state index is 12.2. The Kier molecular flexibility index (Phi) is 7.26. The molecular weight excluding hydrogens is 432 g/mol. The Morgan fingerprint density at radius 3 is 2.59 bits per heavy atom. The van der Waals surface area contributed by atoms with Crippen molar-refractivity contribution < 1.29 is 27.5 Å². The number of nitrogens with one attached hydrogen (secondary N) is 1. The van der Waals surface area contributed by atoms with Crippen molar-refractivity contribution in [3.63, 3.8) is 0 Å². The van der Waals surface area contributed by atoms with Gasteiger partial charge in [-0.3, -0.25) is 5.32 Å². The summed E-state index contributed by atoms with van der Waals surface area (Å²) in [6, 6.07) is 16.0. The van der Waals surface area contributed by atoms with Crippen molar-refractivity contribution in [1.82, 2.24) is 4.98 Å². The zero-order chi connectivity index (χ0) is 23.1. The third kappa shape index (κ3) is 5.73. The third-order valence-corrected chi connectivity index (χ3v) is 5.58. The smallest absolute Gasteiger partial charge is 0.388 e. The van der Waals surface area contributed by atoms with Crippen LogP contribution in [-0.2, 0) is 21.0 Å². The first-order chi connectivity index (χ1) is 15.3. The molecular formula is C22H25N4O5S+. The number of nitrogens with two attached hydrogens (primary N) is 1. The van der Waals surface area contributed by atoms with E-state index >= 15 is 0 Å². The summed E-state index contributed by atoms with van der Waals surface area (Å²) in [5, 5.41) is 3.00. The number of nitrogen functional groups attached to an aromatic ring is 1. The van der Waals surface area contributed by atoms with Crippen LogP contribution in [0.25, 0.3) is 0 Å². The Labute approximate surface area is 186 Å². The number of carbonyl (C=O) groups excluding carboxylic acids is 1. The van der Waals surface area contributed by atoms with Crippen LogP contribution in [0.5, 0.6) is 0 Å². The number of ether oxygens (including phenoxy) is 1. The predicted octanol–water partition coefficient (Wildman–Crippen LogP) is 1.95. The molecule has 0 aliphatic carbocycles. The van der Waals surface area contributed by atoms with Crippen LogP contribution in [0.1, 0.15) is 22.8 Å². The van der Waals surface area contributed by atoms with Crippen LogP contribution in [0.2, 0.25) is 0 Å². The Morgan fingerprint density at radius 2 is 1.91 bits per heavy atom. The van der Waals surface area contributed by atoms with E-state index in [1.807, 2.05) is 30.3 Å². The summed E-state index contributed by atoms with van der Waals surface area (Å²) in [6.07, 6.45) is 3.01. The molecule has 3 N–H and O–H groups in total. The van der Waals surface area contributed by atoms with Gasteiger partial charge in [0.15, 0.2) is 15.4 Å². The molecule has 2 aromatic carbocycles. The maximum Gasteiger partial charge on any atom is 0.388 e. The molecule has 0 unspecified atom stereocenters. The van der Waals surface area contributed by atoms with Gasteiger partial charge in [-0.15, -0.1) is 4.98 Å². The molecule has 0 fully saturated rings. The van der Waals surface area contributed by atoms with E-state index in [0.29, 0.717) is 12.1 Å². The molecule has 0 atom stereocenters. The van der Waals surface area contributed by atoms with Crippen LogP contribution in [0.3, 0.4) is 0 Å². The first-order valence-electron chi connectivity index (χ1n) is 9.91. The summed E-state index contributed by atoms with van der Waals surface area (Å²) in [5.41, 5.74) is 7.79. The van der Waals surface area contributed by atoms with Gasteiger partial charge in [0.2, 0.25) is 5.82 Å². The van der Waals surface area contributed by atoms with Crippen LogP contribution >= 0.6 is 0 Å². The van der Waals surface area contributed by atoms with Crippen molar-refractivity contribution in [1.29, 1.82) is 0 Å². The quantitative estimate of drug-likeness (QED) is 0.369. The van der Waals surface area contributed by atoms with Gasteiger partial charge in [-0.1, -0.05) is 36.4 Å². The lowest BCUT2D eigenvalue weighted by Crippen LogP contribution is -2.49. The van der Waals surface area contributed by atoms with Gasteiger partial charge in [0, 0.05) is 12.7 Å². The van der Waals surface area contributed by atoms with Crippen LogP contribution in [0.4, 0.5) is 17.5 Å². The van der Waals surface area contributed by atoms with Crippen molar-refractivity contribution in [3.05, 3.63) is 71.9 Å². The lowest BCUT2D eigenvalue weighted by Gasteiger charge is -2.13. The molecule has 168 valence electrons. The molecule has 9 nitrogen and oxygen atoms in total. The molecule has 3 rings (SSSR count). The Balaban J connectivity index is 1.91. The lowest BCUT2D eigenvalue weighted by molar-refractivity contribution is -0.870. The van der Waals surface area contributed by atoms with E-state index < -0.39 is 15.8 Å². The van der Waals surface area contributed by atoms with E-state index in [1.54, 1.807) is 19.1 Å². The van der Waals surface area contributed by atoms with Crippen molar-refractivity contribution in [3.8, 4) is 0 Å². The molecule has 32 heavy (non-hydrogen) atoms. The highest BCUT2D eigenvalue weighted by Crippen LogP contribution is 2.19. The van der Waals surface area contributed by atoms with Gasteiger partial charge in [0.25, 0.3) is 0 Å². The largest absolute Gasteiger partial charge is 0.462 e. The van der Waals surface area contributed by atoms with Crippen LogP contribution in [0.15, 0.2) is 65.7 Å². The SMILES string of the molecule is CCOC(=O)c1cnc(Nc2cccc(S(C)(=O)=O)c2)[n+](OCCc2ccccc2)c1N. The molecule has 0 spiro atoms. The second-order valence-electron chi connectivity index (χ2n) is 6.89. The van der Waals surface area contributed by atoms with Gasteiger partial charge in [-0.05, 0) is 35.4 Å². The minimum atomic E-state index is -3.39. The van der Waals surface area contributed by atoms with Gasteiger partial charge >= 0.3 is 11.9 Å². The van der Waals surface area contributed by atoms with Gasteiger partial charge in [-0.2, -0.15) is 0 Å². The normalized spacial score (nSPS) is 11.1. The standard InChI is InChI=1S/C22H24N4O5S/c1-3-30-21(27)19-15-24-22(25-17-10-7-11-18(14-17)32(2,28)29)26(20(19)23)31-13-12-16-8-5-4-6-9-16/h4-11,14-15H,3,12-13H2,1-2H3,(H2,23,24,25,27)/p+1. The summed E-state index contributed by atoms with van der Waals surface area (Å²) in [4.78, 5) is 22.5. The van der Waals surface area contributed by atoms with Crippen molar-refractivity contribution in [2.24, 2.45) is 0 Å². The number of aromatic nitrogens is 2. The molecule has 0 bridgehead atoms. The summed E-state index contributed by atoms with van der Waals surface area (Å²) in [5.74, 6) is -0.439. The van der Waals surface area contributed by atoms with Crippen LogP contribution in [0, 0.1) is 0 Å². The summed E-state index contributed by atoms with van der Waals surface area (Å²) in [7, 11) is -3.39. The van der Waals surface area contributed by atoms with E-state index in [4.69, 9.17) is 15.3 Å². The molecule has 0 aliphatic heterocycles. The highest BCUT2D eigenvalue weighted by atomic mass is 32.2. The fourth-order valence-electron chi connectivity index (χ4n) is 2.88. The number of hydrogen-bond donors (Lipinski definition) is 2. The van der Waals surface area contributed by atoms with Gasteiger partial charge in [-0.25, -0.2) is 13.2 Å². The fraction of sp³-hybridized carbons (Fsp3) is 0.227. The Bertz CT molecular complexity index is 1200. The molecule has 1 heterocycles. The van der Waals surface area contributed by atoms with E-state index in [0.717, 1.165) is 11.8 Å².